The number of thiophene rings is 1. The first-order valence-electron chi connectivity index (χ1n) is 5.17. The van der Waals surface area contributed by atoms with Crippen LogP contribution in [0.15, 0.2) is 34.1 Å². The van der Waals surface area contributed by atoms with Gasteiger partial charge in [0.15, 0.2) is 0 Å². The maximum Gasteiger partial charge on any atom is 0.206 e. The van der Waals surface area contributed by atoms with Gasteiger partial charge in [0, 0.05) is 0 Å². The molecule has 94 valence electrons. The monoisotopic (exact) mass is 326 g/mol. The summed E-state index contributed by atoms with van der Waals surface area (Å²) in [5.74, 6) is 1.07. The molecular weight excluding hydrogens is 316 g/mol. The van der Waals surface area contributed by atoms with E-state index >= 15 is 0 Å². The van der Waals surface area contributed by atoms with E-state index in [0.29, 0.717) is 21.9 Å². The molecule has 2 aromatic rings. The van der Waals surface area contributed by atoms with Gasteiger partial charge in [-0.25, -0.2) is 0 Å². The molecule has 0 amide bonds. The molecule has 0 aliphatic rings. The molecule has 0 aliphatic carbocycles. The Hall–Kier alpha value is -1.33. The van der Waals surface area contributed by atoms with Crippen LogP contribution in [0.2, 0.25) is 0 Å². The Balaban J connectivity index is 2.52. The van der Waals surface area contributed by atoms with E-state index in [2.05, 4.69) is 15.9 Å². The molecule has 18 heavy (non-hydrogen) atoms. The van der Waals surface area contributed by atoms with Crippen molar-refractivity contribution in [3.63, 3.8) is 0 Å². The Morgan fingerprint density at radius 2 is 1.94 bits per heavy atom. The fourth-order valence-corrected chi connectivity index (χ4v) is 2.74. The number of hydrogen-bond acceptors (Lipinski definition) is 4. The number of rotatable bonds is 4. The largest absolute Gasteiger partial charge is 0.496 e. The third-order valence-corrected chi connectivity index (χ3v) is 3.95. The molecule has 1 aromatic carbocycles. The Morgan fingerprint density at radius 1 is 1.22 bits per heavy atom. The van der Waals surface area contributed by atoms with E-state index in [0.717, 1.165) is 4.47 Å². The zero-order valence-electron chi connectivity index (χ0n) is 9.90. The van der Waals surface area contributed by atoms with E-state index in [4.69, 9.17) is 9.47 Å². The molecule has 2 rings (SSSR count). The number of carbonyl (C=O) groups excluding carboxylic acids is 1. The van der Waals surface area contributed by atoms with Crippen molar-refractivity contribution in [2.24, 2.45) is 0 Å². The highest BCUT2D eigenvalue weighted by Gasteiger charge is 2.18. The predicted molar refractivity (Wildman–Crippen MR) is 75.0 cm³/mol. The van der Waals surface area contributed by atoms with E-state index in [9.17, 15) is 4.79 Å². The lowest BCUT2D eigenvalue weighted by Gasteiger charge is -2.10. The van der Waals surface area contributed by atoms with E-state index in [1.807, 2.05) is 11.4 Å². The van der Waals surface area contributed by atoms with Crippen molar-refractivity contribution in [2.75, 3.05) is 14.2 Å². The molecular formula is C13H11BrO3S. The highest BCUT2D eigenvalue weighted by molar-refractivity contribution is 9.10. The summed E-state index contributed by atoms with van der Waals surface area (Å²) in [7, 11) is 3.10. The van der Waals surface area contributed by atoms with Crippen LogP contribution in [0.5, 0.6) is 11.5 Å². The number of hydrogen-bond donors (Lipinski definition) is 0. The van der Waals surface area contributed by atoms with Crippen LogP contribution >= 0.6 is 27.3 Å². The Bertz CT molecular complexity index is 564. The molecule has 3 nitrogen and oxygen atoms in total. The summed E-state index contributed by atoms with van der Waals surface area (Å²) in [5.41, 5.74) is 0.500. The molecule has 0 radical (unpaired) electrons. The molecule has 0 N–H and O–H groups in total. The average molecular weight is 327 g/mol. The minimum absolute atomic E-state index is 0.0624. The van der Waals surface area contributed by atoms with E-state index in [-0.39, 0.29) is 5.78 Å². The third kappa shape index (κ3) is 2.42. The molecule has 0 spiro atoms. The van der Waals surface area contributed by atoms with Crippen molar-refractivity contribution in [3.8, 4) is 11.5 Å². The van der Waals surface area contributed by atoms with Crippen molar-refractivity contribution in [1.82, 2.24) is 0 Å². The van der Waals surface area contributed by atoms with Gasteiger partial charge in [0.2, 0.25) is 5.78 Å². The van der Waals surface area contributed by atoms with Gasteiger partial charge >= 0.3 is 0 Å². The zero-order chi connectivity index (χ0) is 13.1. The van der Waals surface area contributed by atoms with Gasteiger partial charge in [-0.15, -0.1) is 11.3 Å². The maximum atomic E-state index is 12.3. The Kier molecular flexibility index (Phi) is 4.04. The van der Waals surface area contributed by atoms with E-state index in [1.54, 1.807) is 32.4 Å². The van der Waals surface area contributed by atoms with Gasteiger partial charge in [0.05, 0.1) is 29.1 Å². The number of ether oxygens (including phenoxy) is 2. The summed E-state index contributed by atoms with van der Waals surface area (Å²) in [6, 6.07) is 7.06. The molecule has 0 fully saturated rings. The van der Waals surface area contributed by atoms with Crippen molar-refractivity contribution in [1.29, 1.82) is 0 Å². The third-order valence-electron chi connectivity index (χ3n) is 2.46. The molecule has 0 saturated carbocycles. The van der Waals surface area contributed by atoms with E-state index < -0.39 is 0 Å². The number of methoxy groups -OCH3 is 2. The second-order valence-corrected chi connectivity index (χ2v) is 5.30. The molecule has 0 bridgehead atoms. The molecule has 0 atom stereocenters. The lowest BCUT2D eigenvalue weighted by molar-refractivity contribution is 0.103. The number of halogens is 1. The Morgan fingerprint density at radius 3 is 2.50 bits per heavy atom. The second kappa shape index (κ2) is 5.54. The van der Waals surface area contributed by atoms with Crippen molar-refractivity contribution in [2.45, 2.75) is 0 Å². The quantitative estimate of drug-likeness (QED) is 0.802. The first-order chi connectivity index (χ1) is 8.67. The van der Waals surface area contributed by atoms with Gasteiger partial charge in [-0.3, -0.25) is 4.79 Å². The van der Waals surface area contributed by atoms with Crippen LogP contribution in [0, 0.1) is 0 Å². The smallest absolute Gasteiger partial charge is 0.206 e. The zero-order valence-corrected chi connectivity index (χ0v) is 12.3. The summed E-state index contributed by atoms with van der Waals surface area (Å²) in [6.45, 7) is 0. The van der Waals surface area contributed by atoms with Crippen molar-refractivity contribution < 1.29 is 14.3 Å². The Labute approximate surface area is 117 Å². The van der Waals surface area contributed by atoms with Crippen LogP contribution in [-0.2, 0) is 0 Å². The summed E-state index contributed by atoms with van der Waals surface area (Å²) in [4.78, 5) is 13.0. The molecule has 0 unspecified atom stereocenters. The SMILES string of the molecule is COc1cc(C(=O)c2cccs2)c(OC)cc1Br. The van der Waals surface area contributed by atoms with Crippen LogP contribution in [-0.4, -0.2) is 20.0 Å². The van der Waals surface area contributed by atoms with Gasteiger partial charge in [-0.2, -0.15) is 0 Å². The molecule has 1 aromatic heterocycles. The molecule has 5 heteroatoms. The summed E-state index contributed by atoms with van der Waals surface area (Å²) >= 11 is 4.77. The van der Waals surface area contributed by atoms with Gasteiger partial charge in [0.1, 0.15) is 11.5 Å². The van der Waals surface area contributed by atoms with Gasteiger partial charge in [-0.1, -0.05) is 6.07 Å². The van der Waals surface area contributed by atoms with E-state index in [1.165, 1.54) is 11.3 Å². The van der Waals surface area contributed by atoms with Gasteiger partial charge < -0.3 is 9.47 Å². The summed E-state index contributed by atoms with van der Waals surface area (Å²) in [6.07, 6.45) is 0. The minimum Gasteiger partial charge on any atom is -0.496 e. The predicted octanol–water partition coefficient (Wildman–Crippen LogP) is 3.76. The van der Waals surface area contributed by atoms with Gasteiger partial charge in [0.25, 0.3) is 0 Å². The maximum absolute atomic E-state index is 12.3. The fourth-order valence-electron chi connectivity index (χ4n) is 1.58. The lowest BCUT2D eigenvalue weighted by atomic mass is 10.1. The minimum atomic E-state index is -0.0624. The first-order valence-corrected chi connectivity index (χ1v) is 6.84. The number of carbonyl (C=O) groups is 1. The van der Waals surface area contributed by atoms with Crippen LogP contribution < -0.4 is 9.47 Å². The summed E-state index contributed by atoms with van der Waals surface area (Å²) < 4.78 is 11.2. The fraction of sp³-hybridized carbons (Fsp3) is 0.154. The highest BCUT2D eigenvalue weighted by atomic mass is 79.9. The first kappa shape index (κ1) is 13.1. The van der Waals surface area contributed by atoms with Crippen LogP contribution in [0.1, 0.15) is 15.2 Å². The normalized spacial score (nSPS) is 10.2. The molecule has 1 heterocycles. The molecule has 0 saturated heterocycles. The topological polar surface area (TPSA) is 35.5 Å². The number of ketones is 1. The second-order valence-electron chi connectivity index (χ2n) is 3.49. The average Bonchev–Trinajstić information content (AvgIpc) is 2.91. The number of benzene rings is 1. The van der Waals surface area contributed by atoms with Crippen LogP contribution in [0.4, 0.5) is 0 Å². The summed E-state index contributed by atoms with van der Waals surface area (Å²) in [5, 5.41) is 1.87. The van der Waals surface area contributed by atoms with Gasteiger partial charge in [-0.05, 0) is 39.5 Å². The highest BCUT2D eigenvalue weighted by Crippen LogP contribution is 2.34. The van der Waals surface area contributed by atoms with Crippen LogP contribution in [0.3, 0.4) is 0 Å². The lowest BCUT2D eigenvalue weighted by Crippen LogP contribution is -2.03. The van der Waals surface area contributed by atoms with Crippen molar-refractivity contribution >= 4 is 33.0 Å². The van der Waals surface area contributed by atoms with Crippen molar-refractivity contribution in [3.05, 3.63) is 44.6 Å². The molecule has 0 aliphatic heterocycles. The van der Waals surface area contributed by atoms with Crippen LogP contribution in [0.25, 0.3) is 0 Å². The standard InChI is InChI=1S/C13H11BrO3S/c1-16-10-7-9(14)11(17-2)6-8(10)13(15)12-4-3-5-18-12/h3-7H,1-2H3.